The highest BCUT2D eigenvalue weighted by molar-refractivity contribution is 6.33. The Kier molecular flexibility index (Phi) is 2.73. The number of aromatic nitrogens is 1. The Labute approximate surface area is 109 Å². The van der Waals surface area contributed by atoms with Crippen LogP contribution in [0.15, 0.2) is 54.7 Å². The van der Waals surface area contributed by atoms with E-state index in [2.05, 4.69) is 4.98 Å². The molecule has 18 heavy (non-hydrogen) atoms. The van der Waals surface area contributed by atoms with E-state index in [0.717, 1.165) is 16.5 Å². The van der Waals surface area contributed by atoms with Crippen LogP contribution in [0.3, 0.4) is 0 Å². The molecule has 3 aromatic rings. The van der Waals surface area contributed by atoms with E-state index in [1.165, 1.54) is 6.07 Å². The second-order valence-corrected chi connectivity index (χ2v) is 4.41. The molecule has 88 valence electrons. The first-order valence-electron chi connectivity index (χ1n) is 5.55. The summed E-state index contributed by atoms with van der Waals surface area (Å²) in [6.07, 6.45) is 1.73. The second-order valence-electron chi connectivity index (χ2n) is 4.01. The summed E-state index contributed by atoms with van der Waals surface area (Å²) in [4.78, 5) is 4.23. The molecule has 0 N–H and O–H groups in total. The minimum absolute atomic E-state index is 0.314. The summed E-state index contributed by atoms with van der Waals surface area (Å²) in [5.74, 6) is -0.314. The van der Waals surface area contributed by atoms with Crippen LogP contribution in [-0.2, 0) is 0 Å². The van der Waals surface area contributed by atoms with Crippen LogP contribution in [0.1, 0.15) is 0 Å². The van der Waals surface area contributed by atoms with Gasteiger partial charge in [0.2, 0.25) is 0 Å². The van der Waals surface area contributed by atoms with E-state index in [9.17, 15) is 4.39 Å². The van der Waals surface area contributed by atoms with Gasteiger partial charge in [0.1, 0.15) is 5.82 Å². The van der Waals surface area contributed by atoms with Gasteiger partial charge in [0.25, 0.3) is 0 Å². The third-order valence-electron chi connectivity index (χ3n) is 2.85. The van der Waals surface area contributed by atoms with Gasteiger partial charge < -0.3 is 0 Å². The van der Waals surface area contributed by atoms with Crippen LogP contribution >= 0.6 is 11.6 Å². The molecule has 1 aromatic heterocycles. The van der Waals surface area contributed by atoms with Crippen molar-refractivity contribution in [3.8, 4) is 11.1 Å². The Morgan fingerprint density at radius 1 is 1.00 bits per heavy atom. The lowest BCUT2D eigenvalue weighted by molar-refractivity contribution is 0.631. The third kappa shape index (κ3) is 1.85. The number of nitrogens with zero attached hydrogens (tertiary/aromatic N) is 1. The van der Waals surface area contributed by atoms with Crippen LogP contribution in [0, 0.1) is 5.82 Å². The molecule has 0 saturated heterocycles. The quantitative estimate of drug-likeness (QED) is 0.616. The average Bonchev–Trinajstić information content (AvgIpc) is 2.38. The van der Waals surface area contributed by atoms with Crippen LogP contribution in [0.25, 0.3) is 22.0 Å². The fraction of sp³-hybridized carbons (Fsp3) is 0. The van der Waals surface area contributed by atoms with Gasteiger partial charge in [0, 0.05) is 17.1 Å². The van der Waals surface area contributed by atoms with Gasteiger partial charge in [-0.2, -0.15) is 0 Å². The number of hydrogen-bond donors (Lipinski definition) is 0. The first kappa shape index (κ1) is 11.2. The van der Waals surface area contributed by atoms with E-state index in [1.54, 1.807) is 18.3 Å². The van der Waals surface area contributed by atoms with E-state index in [0.29, 0.717) is 10.6 Å². The van der Waals surface area contributed by atoms with Crippen molar-refractivity contribution in [3.63, 3.8) is 0 Å². The molecule has 0 aliphatic carbocycles. The Morgan fingerprint density at radius 3 is 2.72 bits per heavy atom. The number of rotatable bonds is 1. The van der Waals surface area contributed by atoms with Gasteiger partial charge in [-0.3, -0.25) is 4.98 Å². The fourth-order valence-electron chi connectivity index (χ4n) is 2.00. The van der Waals surface area contributed by atoms with Crippen LogP contribution in [-0.4, -0.2) is 4.98 Å². The molecule has 0 aliphatic rings. The summed E-state index contributed by atoms with van der Waals surface area (Å²) in [6, 6.07) is 14.1. The minimum atomic E-state index is -0.314. The highest BCUT2D eigenvalue weighted by Crippen LogP contribution is 2.31. The molecular weight excluding hydrogens is 249 g/mol. The van der Waals surface area contributed by atoms with Gasteiger partial charge in [-0.15, -0.1) is 0 Å². The summed E-state index contributed by atoms with van der Waals surface area (Å²) in [5.41, 5.74) is 2.08. The minimum Gasteiger partial charge on any atom is -0.256 e. The first-order chi connectivity index (χ1) is 8.75. The highest BCUT2D eigenvalue weighted by Gasteiger charge is 2.09. The Bertz CT molecular complexity index is 704. The monoisotopic (exact) mass is 257 g/mol. The summed E-state index contributed by atoms with van der Waals surface area (Å²) < 4.78 is 13.8. The van der Waals surface area contributed by atoms with Crippen LogP contribution in [0.5, 0.6) is 0 Å². The fourth-order valence-corrected chi connectivity index (χ4v) is 2.28. The van der Waals surface area contributed by atoms with Crippen molar-refractivity contribution in [2.45, 2.75) is 0 Å². The average molecular weight is 258 g/mol. The lowest BCUT2D eigenvalue weighted by atomic mass is 10.0. The SMILES string of the molecule is Fc1cccc(Cl)c1-c1ccc2ncccc2c1. The number of benzene rings is 2. The van der Waals surface area contributed by atoms with Crippen molar-refractivity contribution in [1.82, 2.24) is 4.98 Å². The van der Waals surface area contributed by atoms with E-state index >= 15 is 0 Å². The van der Waals surface area contributed by atoms with Crippen molar-refractivity contribution >= 4 is 22.5 Å². The predicted octanol–water partition coefficient (Wildman–Crippen LogP) is 4.69. The zero-order valence-electron chi connectivity index (χ0n) is 9.40. The molecule has 0 fully saturated rings. The van der Waals surface area contributed by atoms with Crippen LogP contribution < -0.4 is 0 Å². The zero-order valence-corrected chi connectivity index (χ0v) is 10.2. The summed E-state index contributed by atoms with van der Waals surface area (Å²) in [5, 5.41) is 1.38. The maximum Gasteiger partial charge on any atom is 0.132 e. The lowest BCUT2D eigenvalue weighted by Crippen LogP contribution is -1.86. The van der Waals surface area contributed by atoms with E-state index in [1.807, 2.05) is 30.3 Å². The van der Waals surface area contributed by atoms with Crippen molar-refractivity contribution in [3.05, 3.63) is 65.6 Å². The van der Waals surface area contributed by atoms with E-state index in [-0.39, 0.29) is 5.82 Å². The first-order valence-corrected chi connectivity index (χ1v) is 5.93. The second kappa shape index (κ2) is 4.39. The molecule has 1 heterocycles. The topological polar surface area (TPSA) is 12.9 Å². The molecule has 3 heteroatoms. The number of pyridine rings is 1. The van der Waals surface area contributed by atoms with Crippen LogP contribution in [0.4, 0.5) is 4.39 Å². The normalized spacial score (nSPS) is 10.8. The Morgan fingerprint density at radius 2 is 1.89 bits per heavy atom. The lowest BCUT2D eigenvalue weighted by Gasteiger charge is -2.07. The third-order valence-corrected chi connectivity index (χ3v) is 3.17. The largest absolute Gasteiger partial charge is 0.256 e. The van der Waals surface area contributed by atoms with Gasteiger partial charge in [-0.1, -0.05) is 29.8 Å². The Balaban J connectivity index is 2.26. The summed E-state index contributed by atoms with van der Waals surface area (Å²) in [7, 11) is 0. The van der Waals surface area contributed by atoms with Gasteiger partial charge in [0.15, 0.2) is 0 Å². The van der Waals surface area contributed by atoms with Gasteiger partial charge in [-0.05, 0) is 35.9 Å². The Hall–Kier alpha value is -1.93. The zero-order chi connectivity index (χ0) is 12.5. The summed E-state index contributed by atoms with van der Waals surface area (Å²) >= 11 is 6.06. The highest BCUT2D eigenvalue weighted by atomic mass is 35.5. The number of fused-ring (bicyclic) bond motifs is 1. The van der Waals surface area contributed by atoms with Gasteiger partial charge in [0.05, 0.1) is 10.5 Å². The number of halogens is 2. The molecule has 0 saturated carbocycles. The molecule has 0 atom stereocenters. The molecule has 0 spiro atoms. The van der Waals surface area contributed by atoms with Crippen molar-refractivity contribution in [2.75, 3.05) is 0 Å². The molecule has 2 aromatic carbocycles. The predicted molar refractivity (Wildman–Crippen MR) is 72.1 cm³/mol. The molecule has 0 unspecified atom stereocenters. The van der Waals surface area contributed by atoms with Crippen molar-refractivity contribution < 1.29 is 4.39 Å². The van der Waals surface area contributed by atoms with Gasteiger partial charge in [-0.25, -0.2) is 4.39 Å². The smallest absolute Gasteiger partial charge is 0.132 e. The standard InChI is InChI=1S/C15H9ClFN/c16-12-4-1-5-13(17)15(12)11-6-7-14-10(9-11)3-2-8-18-14/h1-9H. The molecule has 0 radical (unpaired) electrons. The molecule has 0 amide bonds. The van der Waals surface area contributed by atoms with Crippen molar-refractivity contribution in [2.24, 2.45) is 0 Å². The molecule has 1 nitrogen and oxygen atoms in total. The molecule has 0 aliphatic heterocycles. The van der Waals surface area contributed by atoms with Crippen LogP contribution in [0.2, 0.25) is 5.02 Å². The molecule has 0 bridgehead atoms. The van der Waals surface area contributed by atoms with Crippen molar-refractivity contribution in [1.29, 1.82) is 0 Å². The molecule has 3 rings (SSSR count). The maximum atomic E-state index is 13.8. The molecular formula is C15H9ClFN. The summed E-state index contributed by atoms with van der Waals surface area (Å²) in [6.45, 7) is 0. The van der Waals surface area contributed by atoms with E-state index in [4.69, 9.17) is 11.6 Å². The van der Waals surface area contributed by atoms with Gasteiger partial charge >= 0.3 is 0 Å². The maximum absolute atomic E-state index is 13.8. The van der Waals surface area contributed by atoms with E-state index < -0.39 is 0 Å². The number of hydrogen-bond acceptors (Lipinski definition) is 1.